The highest BCUT2D eigenvalue weighted by atomic mass is 19.1. The molecule has 2 N–H and O–H groups in total. The fraction of sp³-hybridized carbons (Fsp3) is 0.444. The molecule has 1 aliphatic heterocycles. The Kier molecular flexibility index (Phi) is 3.64. The van der Waals surface area contributed by atoms with Crippen LogP contribution in [0, 0.1) is 24.1 Å². The van der Waals surface area contributed by atoms with Crippen LogP contribution in [0.2, 0.25) is 0 Å². The summed E-state index contributed by atoms with van der Waals surface area (Å²) in [6, 6.07) is 4.73. The summed E-state index contributed by atoms with van der Waals surface area (Å²) in [4.78, 5) is 12.4. The van der Waals surface area contributed by atoms with Gasteiger partial charge in [0.2, 0.25) is 5.91 Å². The van der Waals surface area contributed by atoms with Gasteiger partial charge < -0.3 is 10.6 Å². The minimum absolute atomic E-state index is 0.0129. The van der Waals surface area contributed by atoms with Crippen molar-refractivity contribution in [3.05, 3.63) is 42.0 Å². The second kappa shape index (κ2) is 5.70. The molecule has 1 spiro atoms. The number of amides is 1. The normalized spacial score (nSPS) is 21.7. The molecule has 24 heavy (non-hydrogen) atoms. The maximum absolute atomic E-state index is 14.3. The second-order valence-electron chi connectivity index (χ2n) is 6.99. The van der Waals surface area contributed by atoms with Gasteiger partial charge in [0.25, 0.3) is 0 Å². The lowest BCUT2D eigenvalue weighted by molar-refractivity contribution is -0.118. The number of halogens is 1. The van der Waals surface area contributed by atoms with Crippen LogP contribution in [-0.4, -0.2) is 28.8 Å². The molecule has 1 atom stereocenters. The number of hydrogen-bond acceptors (Lipinski definition) is 3. The van der Waals surface area contributed by atoms with E-state index in [-0.39, 0.29) is 17.2 Å². The smallest absolute Gasteiger partial charge is 0.228 e. The molecular formula is C18H21FN4O. The second-order valence-corrected chi connectivity index (χ2v) is 6.99. The van der Waals surface area contributed by atoms with Gasteiger partial charge in [-0.3, -0.25) is 4.79 Å². The molecule has 1 aliphatic carbocycles. The maximum Gasteiger partial charge on any atom is 0.228 e. The topological polar surface area (TPSA) is 59.0 Å². The lowest BCUT2D eigenvalue weighted by atomic mass is 9.92. The van der Waals surface area contributed by atoms with Crippen molar-refractivity contribution in [2.45, 2.75) is 26.2 Å². The fourth-order valence-corrected chi connectivity index (χ4v) is 3.74. The molecular weight excluding hydrogens is 307 g/mol. The maximum atomic E-state index is 14.3. The third-order valence-corrected chi connectivity index (χ3v) is 5.28. The van der Waals surface area contributed by atoms with Gasteiger partial charge in [-0.1, -0.05) is 0 Å². The first-order valence-corrected chi connectivity index (χ1v) is 8.40. The van der Waals surface area contributed by atoms with Gasteiger partial charge in [0.1, 0.15) is 5.69 Å². The van der Waals surface area contributed by atoms with Gasteiger partial charge in [0, 0.05) is 17.8 Å². The lowest BCUT2D eigenvalue weighted by Gasteiger charge is -2.23. The molecule has 1 unspecified atom stereocenters. The van der Waals surface area contributed by atoms with Crippen molar-refractivity contribution in [3.63, 3.8) is 0 Å². The number of rotatable bonds is 3. The van der Waals surface area contributed by atoms with Crippen LogP contribution in [0.1, 0.15) is 24.8 Å². The van der Waals surface area contributed by atoms with Crippen LogP contribution in [0.25, 0.3) is 5.69 Å². The van der Waals surface area contributed by atoms with E-state index in [4.69, 9.17) is 0 Å². The van der Waals surface area contributed by atoms with E-state index < -0.39 is 5.82 Å². The quantitative estimate of drug-likeness (QED) is 0.911. The number of piperidine rings is 1. The number of carbonyl (C=O) groups excluding carboxylic acids is 1. The monoisotopic (exact) mass is 328 g/mol. The first-order valence-electron chi connectivity index (χ1n) is 8.40. The number of anilines is 1. The van der Waals surface area contributed by atoms with Crippen LogP contribution in [0.5, 0.6) is 0 Å². The van der Waals surface area contributed by atoms with Crippen molar-refractivity contribution >= 4 is 11.6 Å². The van der Waals surface area contributed by atoms with Crippen LogP contribution in [-0.2, 0) is 4.79 Å². The van der Waals surface area contributed by atoms with Crippen molar-refractivity contribution in [3.8, 4) is 5.69 Å². The Morgan fingerprint density at radius 2 is 2.21 bits per heavy atom. The van der Waals surface area contributed by atoms with Crippen LogP contribution < -0.4 is 10.6 Å². The van der Waals surface area contributed by atoms with E-state index in [0.717, 1.165) is 37.9 Å². The van der Waals surface area contributed by atoms with Gasteiger partial charge in [-0.05, 0) is 68.5 Å². The summed E-state index contributed by atoms with van der Waals surface area (Å²) in [5, 5.41) is 10.3. The minimum Gasteiger partial charge on any atom is -0.326 e. The molecule has 126 valence electrons. The van der Waals surface area contributed by atoms with E-state index >= 15 is 0 Å². The molecule has 1 saturated heterocycles. The molecule has 1 saturated carbocycles. The predicted molar refractivity (Wildman–Crippen MR) is 89.5 cm³/mol. The number of hydrogen-bond donors (Lipinski definition) is 2. The van der Waals surface area contributed by atoms with Gasteiger partial charge in [-0.25, -0.2) is 9.07 Å². The Morgan fingerprint density at radius 1 is 1.42 bits per heavy atom. The number of aromatic nitrogens is 2. The molecule has 1 amide bonds. The lowest BCUT2D eigenvalue weighted by Crippen LogP contribution is -2.31. The first kappa shape index (κ1) is 15.3. The van der Waals surface area contributed by atoms with Crippen molar-refractivity contribution < 1.29 is 9.18 Å². The third-order valence-electron chi connectivity index (χ3n) is 5.28. The van der Waals surface area contributed by atoms with E-state index in [1.165, 1.54) is 10.7 Å². The van der Waals surface area contributed by atoms with E-state index in [0.29, 0.717) is 11.4 Å². The molecule has 1 aromatic heterocycles. The number of nitrogens with one attached hydrogen (secondary N) is 2. The van der Waals surface area contributed by atoms with Crippen molar-refractivity contribution in [2.24, 2.45) is 11.3 Å². The molecule has 2 aromatic rings. The average Bonchev–Trinajstić information content (AvgIpc) is 3.07. The number of carbonyl (C=O) groups is 1. The summed E-state index contributed by atoms with van der Waals surface area (Å²) in [6.07, 6.45) is 6.50. The molecule has 4 rings (SSSR count). The van der Waals surface area contributed by atoms with Gasteiger partial charge in [0.05, 0.1) is 6.20 Å². The Bertz CT molecular complexity index is 779. The number of nitrogens with zero attached hydrogens (tertiary/aromatic N) is 2. The molecule has 0 radical (unpaired) electrons. The summed E-state index contributed by atoms with van der Waals surface area (Å²) >= 11 is 0. The Hall–Kier alpha value is -2.21. The third kappa shape index (κ3) is 2.71. The summed E-state index contributed by atoms with van der Waals surface area (Å²) < 4.78 is 15.8. The highest BCUT2D eigenvalue weighted by Crippen LogP contribution is 2.58. The SMILES string of the molecule is Cc1cnn(-c2ccc(NC(=O)C3CC34CCNCC4)cc2F)c1. The van der Waals surface area contributed by atoms with Gasteiger partial charge >= 0.3 is 0 Å². The molecule has 2 heterocycles. The van der Waals surface area contributed by atoms with Crippen LogP contribution in [0.4, 0.5) is 10.1 Å². The summed E-state index contributed by atoms with van der Waals surface area (Å²) in [5.74, 6) is -0.321. The molecule has 1 aromatic carbocycles. The van der Waals surface area contributed by atoms with Gasteiger partial charge in [-0.15, -0.1) is 0 Å². The molecule has 2 aliphatic rings. The van der Waals surface area contributed by atoms with E-state index in [1.807, 2.05) is 6.92 Å². The van der Waals surface area contributed by atoms with Crippen molar-refractivity contribution in [1.82, 2.24) is 15.1 Å². The van der Waals surface area contributed by atoms with Crippen LogP contribution in [0.15, 0.2) is 30.6 Å². The fourth-order valence-electron chi connectivity index (χ4n) is 3.74. The summed E-state index contributed by atoms with van der Waals surface area (Å²) in [6.45, 7) is 3.87. The zero-order valence-electron chi connectivity index (χ0n) is 13.7. The summed E-state index contributed by atoms with van der Waals surface area (Å²) in [5.41, 5.74) is 2.02. The standard InChI is InChI=1S/C18H21FN4O/c1-12-10-21-23(11-12)16-3-2-13(8-15(16)19)22-17(24)14-9-18(14)4-6-20-7-5-18/h2-3,8,10-11,14,20H,4-7,9H2,1H3,(H,22,24). The Labute approximate surface area is 140 Å². The molecule has 2 fully saturated rings. The van der Waals surface area contributed by atoms with E-state index in [1.54, 1.807) is 24.5 Å². The zero-order valence-corrected chi connectivity index (χ0v) is 13.7. The highest BCUT2D eigenvalue weighted by Gasteiger charge is 2.57. The summed E-state index contributed by atoms with van der Waals surface area (Å²) in [7, 11) is 0. The van der Waals surface area contributed by atoms with Crippen molar-refractivity contribution in [2.75, 3.05) is 18.4 Å². The van der Waals surface area contributed by atoms with E-state index in [9.17, 15) is 9.18 Å². The van der Waals surface area contributed by atoms with Gasteiger partial charge in [0.15, 0.2) is 5.82 Å². The first-order chi connectivity index (χ1) is 11.6. The van der Waals surface area contributed by atoms with Crippen LogP contribution in [0.3, 0.4) is 0 Å². The number of aryl methyl sites for hydroxylation is 1. The van der Waals surface area contributed by atoms with Crippen molar-refractivity contribution in [1.29, 1.82) is 0 Å². The Balaban J connectivity index is 1.46. The molecule has 0 bridgehead atoms. The highest BCUT2D eigenvalue weighted by molar-refractivity contribution is 5.95. The largest absolute Gasteiger partial charge is 0.326 e. The zero-order chi connectivity index (χ0) is 16.7. The molecule has 6 heteroatoms. The predicted octanol–water partition coefficient (Wildman–Crippen LogP) is 2.65. The van der Waals surface area contributed by atoms with Crippen LogP contribution >= 0.6 is 0 Å². The average molecular weight is 328 g/mol. The van der Waals surface area contributed by atoms with E-state index in [2.05, 4.69) is 15.7 Å². The Morgan fingerprint density at radius 3 is 2.88 bits per heavy atom. The number of benzene rings is 1. The molecule has 5 nitrogen and oxygen atoms in total. The van der Waals surface area contributed by atoms with Gasteiger partial charge in [-0.2, -0.15) is 5.10 Å². The minimum atomic E-state index is -0.400.